The van der Waals surface area contributed by atoms with Gasteiger partial charge in [0.15, 0.2) is 5.13 Å². The summed E-state index contributed by atoms with van der Waals surface area (Å²) in [5.41, 5.74) is -0.392. The van der Waals surface area contributed by atoms with Crippen LogP contribution in [0.2, 0.25) is 5.02 Å². The van der Waals surface area contributed by atoms with Crippen LogP contribution in [-0.2, 0) is 5.41 Å². The molecule has 0 fully saturated rings. The van der Waals surface area contributed by atoms with Gasteiger partial charge >= 0.3 is 6.03 Å². The van der Waals surface area contributed by atoms with Gasteiger partial charge in [0, 0.05) is 11.6 Å². The first kappa shape index (κ1) is 18.2. The van der Waals surface area contributed by atoms with Crippen LogP contribution in [0.1, 0.15) is 18.2 Å². The van der Waals surface area contributed by atoms with Crippen molar-refractivity contribution in [2.75, 3.05) is 18.5 Å². The summed E-state index contributed by atoms with van der Waals surface area (Å²) in [6.45, 7) is 1.56. The van der Waals surface area contributed by atoms with Crippen LogP contribution in [0.5, 0.6) is 0 Å². The highest BCUT2D eigenvalue weighted by Gasteiger charge is 2.33. The Morgan fingerprint density at radius 2 is 2.17 bits per heavy atom. The predicted molar refractivity (Wildman–Crippen MR) is 92.9 cm³/mol. The SMILES string of the molecule is C#CC(C)(c1ccc(Cl)cc1)c1nc(NC(=O)NCCO)sc1F. The molecule has 126 valence electrons. The molecule has 3 N–H and O–H groups in total. The van der Waals surface area contributed by atoms with Crippen LogP contribution in [-0.4, -0.2) is 29.3 Å². The van der Waals surface area contributed by atoms with Crippen molar-refractivity contribution in [3.63, 3.8) is 0 Å². The Kier molecular flexibility index (Phi) is 5.78. The minimum Gasteiger partial charge on any atom is -0.395 e. The fourth-order valence-corrected chi connectivity index (χ4v) is 2.97. The van der Waals surface area contributed by atoms with Gasteiger partial charge in [0.2, 0.25) is 5.13 Å². The zero-order chi connectivity index (χ0) is 17.7. The first-order valence-corrected chi connectivity index (χ1v) is 8.16. The Hall–Kier alpha value is -2.14. The number of nitrogens with zero attached hydrogens (tertiary/aromatic N) is 1. The standard InChI is InChI=1S/C16H15ClFN3O2S/c1-3-16(2,10-4-6-11(17)7-5-10)12-13(18)24-15(20-12)21-14(23)19-8-9-22/h1,4-7,22H,8-9H2,2H3,(H2,19,20,21,23). The lowest BCUT2D eigenvalue weighted by Gasteiger charge is -2.22. The Morgan fingerprint density at radius 1 is 1.50 bits per heavy atom. The quantitative estimate of drug-likeness (QED) is 0.711. The van der Waals surface area contributed by atoms with Crippen LogP contribution in [0.3, 0.4) is 0 Å². The minimum absolute atomic E-state index is 0.0507. The van der Waals surface area contributed by atoms with Crippen molar-refractivity contribution in [1.82, 2.24) is 10.3 Å². The maximum atomic E-state index is 14.4. The second kappa shape index (κ2) is 7.62. The Labute approximate surface area is 147 Å². The smallest absolute Gasteiger partial charge is 0.321 e. The van der Waals surface area contributed by atoms with Crippen LogP contribution in [0, 0.1) is 17.5 Å². The van der Waals surface area contributed by atoms with Gasteiger partial charge in [0.25, 0.3) is 0 Å². The Bertz CT molecular complexity index is 773. The number of benzene rings is 1. The zero-order valence-electron chi connectivity index (χ0n) is 12.8. The maximum absolute atomic E-state index is 14.4. The summed E-state index contributed by atoms with van der Waals surface area (Å²) in [4.78, 5) is 15.7. The average molecular weight is 368 g/mol. The highest BCUT2D eigenvalue weighted by molar-refractivity contribution is 7.14. The monoisotopic (exact) mass is 367 g/mol. The lowest BCUT2D eigenvalue weighted by atomic mass is 9.81. The number of amides is 2. The molecule has 2 rings (SSSR count). The number of terminal acetylenes is 1. The molecule has 0 saturated heterocycles. The lowest BCUT2D eigenvalue weighted by Crippen LogP contribution is -2.31. The maximum Gasteiger partial charge on any atom is 0.321 e. The van der Waals surface area contributed by atoms with Crippen molar-refractivity contribution in [2.45, 2.75) is 12.3 Å². The number of carbonyl (C=O) groups is 1. The third-order valence-corrected chi connectivity index (χ3v) is 4.40. The minimum atomic E-state index is -1.10. The molecule has 8 heteroatoms. The molecule has 0 aliphatic heterocycles. The van der Waals surface area contributed by atoms with Crippen molar-refractivity contribution >= 4 is 34.1 Å². The van der Waals surface area contributed by atoms with E-state index in [9.17, 15) is 9.18 Å². The number of hydrogen-bond donors (Lipinski definition) is 3. The van der Waals surface area contributed by atoms with Crippen molar-refractivity contribution < 1.29 is 14.3 Å². The van der Waals surface area contributed by atoms with Gasteiger partial charge in [-0.2, -0.15) is 4.39 Å². The predicted octanol–water partition coefficient (Wildman–Crippen LogP) is 2.99. The summed E-state index contributed by atoms with van der Waals surface area (Å²) >= 11 is 6.56. The number of rotatable bonds is 5. The third kappa shape index (κ3) is 3.85. The molecule has 0 saturated carbocycles. The van der Waals surface area contributed by atoms with Gasteiger partial charge in [0.05, 0.1) is 12.0 Å². The third-order valence-electron chi connectivity index (χ3n) is 3.39. The molecule has 1 heterocycles. The van der Waals surface area contributed by atoms with Crippen molar-refractivity contribution in [3.05, 3.63) is 45.7 Å². The molecule has 0 spiro atoms. The number of urea groups is 1. The number of aromatic nitrogens is 1. The van der Waals surface area contributed by atoms with Crippen molar-refractivity contribution in [3.8, 4) is 12.3 Å². The summed E-state index contributed by atoms with van der Waals surface area (Å²) < 4.78 is 14.4. The fourth-order valence-electron chi connectivity index (χ4n) is 2.05. The van der Waals surface area contributed by atoms with Crippen LogP contribution in [0.15, 0.2) is 24.3 Å². The van der Waals surface area contributed by atoms with E-state index < -0.39 is 16.6 Å². The van der Waals surface area contributed by atoms with E-state index in [1.165, 1.54) is 0 Å². The molecule has 1 aromatic heterocycles. The van der Waals surface area contributed by atoms with E-state index in [0.717, 1.165) is 0 Å². The molecule has 0 aliphatic rings. The van der Waals surface area contributed by atoms with Gasteiger partial charge < -0.3 is 10.4 Å². The first-order valence-electron chi connectivity index (χ1n) is 6.97. The number of carbonyl (C=O) groups excluding carboxylic acids is 1. The summed E-state index contributed by atoms with van der Waals surface area (Å²) in [5.74, 6) is 2.57. The second-order valence-electron chi connectivity index (χ2n) is 5.02. The molecule has 5 nitrogen and oxygen atoms in total. The highest BCUT2D eigenvalue weighted by atomic mass is 35.5. The molecular formula is C16H15ClFN3O2S. The molecule has 24 heavy (non-hydrogen) atoms. The van der Waals surface area contributed by atoms with Crippen LogP contribution in [0.4, 0.5) is 14.3 Å². The number of halogens is 2. The molecular weight excluding hydrogens is 353 g/mol. The fraction of sp³-hybridized carbons (Fsp3) is 0.250. The van der Waals surface area contributed by atoms with Gasteiger partial charge in [-0.25, -0.2) is 9.78 Å². The van der Waals surface area contributed by atoms with E-state index in [4.69, 9.17) is 23.1 Å². The largest absolute Gasteiger partial charge is 0.395 e. The van der Waals surface area contributed by atoms with E-state index in [-0.39, 0.29) is 24.0 Å². The van der Waals surface area contributed by atoms with E-state index in [1.54, 1.807) is 31.2 Å². The summed E-state index contributed by atoms with van der Waals surface area (Å²) in [5, 5.41) is 13.5. The van der Waals surface area contributed by atoms with Crippen LogP contribution in [0.25, 0.3) is 0 Å². The van der Waals surface area contributed by atoms with Gasteiger partial charge in [-0.15, -0.1) is 6.42 Å². The van der Waals surface area contributed by atoms with Gasteiger partial charge in [-0.3, -0.25) is 5.32 Å². The second-order valence-corrected chi connectivity index (χ2v) is 6.41. The summed E-state index contributed by atoms with van der Waals surface area (Å²) in [7, 11) is 0. The van der Waals surface area contributed by atoms with Crippen LogP contribution >= 0.6 is 22.9 Å². The molecule has 0 radical (unpaired) electrons. The Morgan fingerprint density at radius 3 is 2.75 bits per heavy atom. The summed E-state index contributed by atoms with van der Waals surface area (Å²) in [6, 6.07) is 6.17. The van der Waals surface area contributed by atoms with E-state index >= 15 is 0 Å². The molecule has 1 aromatic carbocycles. The number of nitrogens with one attached hydrogen (secondary N) is 2. The van der Waals surface area contributed by atoms with Crippen molar-refractivity contribution in [1.29, 1.82) is 0 Å². The molecule has 0 aliphatic carbocycles. The molecule has 2 aromatic rings. The number of aliphatic hydroxyl groups excluding tert-OH is 1. The van der Waals surface area contributed by atoms with Gasteiger partial charge in [-0.1, -0.05) is 41.0 Å². The Balaban J connectivity index is 2.31. The number of anilines is 1. The number of hydrogen-bond acceptors (Lipinski definition) is 4. The highest BCUT2D eigenvalue weighted by Crippen LogP contribution is 2.36. The topological polar surface area (TPSA) is 74.2 Å². The molecule has 0 bridgehead atoms. The van der Waals surface area contributed by atoms with Crippen molar-refractivity contribution in [2.24, 2.45) is 0 Å². The van der Waals surface area contributed by atoms with E-state index in [1.807, 2.05) is 0 Å². The van der Waals surface area contributed by atoms with Gasteiger partial charge in [0.1, 0.15) is 5.69 Å². The number of aliphatic hydroxyl groups is 1. The van der Waals surface area contributed by atoms with E-state index in [0.29, 0.717) is 21.9 Å². The zero-order valence-corrected chi connectivity index (χ0v) is 14.3. The summed E-state index contributed by atoms with van der Waals surface area (Å²) in [6.07, 6.45) is 5.64. The molecule has 1 unspecified atom stereocenters. The lowest BCUT2D eigenvalue weighted by molar-refractivity contribution is 0.245. The average Bonchev–Trinajstić information content (AvgIpc) is 2.93. The normalized spacial score (nSPS) is 13.0. The number of thiazole rings is 1. The van der Waals surface area contributed by atoms with Gasteiger partial charge in [-0.05, 0) is 24.6 Å². The van der Waals surface area contributed by atoms with E-state index in [2.05, 4.69) is 21.5 Å². The first-order chi connectivity index (χ1) is 11.4. The molecule has 1 atom stereocenters. The molecule has 2 amide bonds. The van der Waals surface area contributed by atoms with Crippen LogP contribution < -0.4 is 10.6 Å².